The van der Waals surface area contributed by atoms with Gasteiger partial charge in [-0.3, -0.25) is 4.79 Å². The van der Waals surface area contributed by atoms with Crippen molar-refractivity contribution < 1.29 is 19.4 Å². The van der Waals surface area contributed by atoms with Crippen LogP contribution in [0.2, 0.25) is 0 Å². The van der Waals surface area contributed by atoms with E-state index >= 15 is 0 Å². The number of ketones is 1. The topological polar surface area (TPSA) is 55.8 Å². The predicted molar refractivity (Wildman–Crippen MR) is 85.8 cm³/mol. The van der Waals surface area contributed by atoms with Crippen molar-refractivity contribution in [1.29, 1.82) is 0 Å². The molecule has 2 aromatic carbocycles. The van der Waals surface area contributed by atoms with Crippen LogP contribution in [0.3, 0.4) is 0 Å². The van der Waals surface area contributed by atoms with Crippen molar-refractivity contribution in [3.05, 3.63) is 53.6 Å². The molecule has 0 aromatic heterocycles. The number of rotatable bonds is 4. The standard InChI is InChI=1S/C17H14O4S/c1-20-12-5-2-11(3-6-12)4-7-13(18)16-14(19)8-9-15-17(16)22-10-21-15/h2-9,19H,10H2,1H3. The number of thioether (sulfide) groups is 1. The van der Waals surface area contributed by atoms with E-state index in [1.807, 2.05) is 24.3 Å². The number of fused-ring (bicyclic) bond motifs is 1. The number of aromatic hydroxyl groups is 1. The first kappa shape index (κ1) is 14.5. The van der Waals surface area contributed by atoms with Crippen molar-refractivity contribution in [2.24, 2.45) is 0 Å². The van der Waals surface area contributed by atoms with E-state index in [1.54, 1.807) is 19.3 Å². The molecule has 0 radical (unpaired) electrons. The SMILES string of the molecule is COc1ccc(C=CC(=O)c2c(O)ccc3c2SCO3)cc1. The highest BCUT2D eigenvalue weighted by atomic mass is 32.2. The molecule has 0 amide bonds. The molecule has 3 rings (SSSR count). The molecule has 1 heterocycles. The summed E-state index contributed by atoms with van der Waals surface area (Å²) in [4.78, 5) is 13.1. The van der Waals surface area contributed by atoms with Crippen LogP contribution in [0.4, 0.5) is 0 Å². The van der Waals surface area contributed by atoms with Crippen LogP contribution >= 0.6 is 11.8 Å². The zero-order valence-electron chi connectivity index (χ0n) is 11.9. The number of phenols is 1. The van der Waals surface area contributed by atoms with E-state index in [4.69, 9.17) is 9.47 Å². The van der Waals surface area contributed by atoms with Crippen LogP contribution in [0.15, 0.2) is 47.4 Å². The van der Waals surface area contributed by atoms with Gasteiger partial charge in [0, 0.05) is 0 Å². The fourth-order valence-electron chi connectivity index (χ4n) is 2.17. The Morgan fingerprint density at radius 2 is 2.05 bits per heavy atom. The summed E-state index contributed by atoms with van der Waals surface area (Å²) < 4.78 is 10.5. The second-order valence-electron chi connectivity index (χ2n) is 4.66. The summed E-state index contributed by atoms with van der Waals surface area (Å²) in [7, 11) is 1.60. The third-order valence-corrected chi connectivity index (χ3v) is 4.24. The maximum absolute atomic E-state index is 12.4. The Morgan fingerprint density at radius 3 is 2.77 bits per heavy atom. The molecule has 4 nitrogen and oxygen atoms in total. The Labute approximate surface area is 132 Å². The molecule has 0 saturated carbocycles. The van der Waals surface area contributed by atoms with Crippen molar-refractivity contribution >= 4 is 23.6 Å². The first-order valence-electron chi connectivity index (χ1n) is 6.67. The van der Waals surface area contributed by atoms with Crippen LogP contribution < -0.4 is 9.47 Å². The van der Waals surface area contributed by atoms with Gasteiger partial charge in [-0.15, -0.1) is 0 Å². The van der Waals surface area contributed by atoms with Crippen molar-refractivity contribution in [3.8, 4) is 17.2 Å². The van der Waals surface area contributed by atoms with Crippen molar-refractivity contribution in [2.45, 2.75) is 4.90 Å². The largest absolute Gasteiger partial charge is 0.507 e. The molecule has 0 fully saturated rings. The number of hydrogen-bond donors (Lipinski definition) is 1. The highest BCUT2D eigenvalue weighted by Crippen LogP contribution is 2.42. The van der Waals surface area contributed by atoms with Gasteiger partial charge in [-0.25, -0.2) is 0 Å². The number of allylic oxidation sites excluding steroid dienone is 1. The van der Waals surface area contributed by atoms with E-state index in [0.29, 0.717) is 22.1 Å². The Bertz CT molecular complexity index is 735. The normalized spacial score (nSPS) is 13.0. The Kier molecular flexibility index (Phi) is 4.06. The molecule has 1 aliphatic heterocycles. The van der Waals surface area contributed by atoms with E-state index in [-0.39, 0.29) is 11.5 Å². The zero-order chi connectivity index (χ0) is 15.5. The van der Waals surface area contributed by atoms with Gasteiger partial charge < -0.3 is 14.6 Å². The Morgan fingerprint density at radius 1 is 1.27 bits per heavy atom. The van der Waals surface area contributed by atoms with Gasteiger partial charge in [0.05, 0.1) is 17.6 Å². The van der Waals surface area contributed by atoms with Gasteiger partial charge in [-0.05, 0) is 35.9 Å². The van der Waals surface area contributed by atoms with Gasteiger partial charge in [-0.2, -0.15) is 0 Å². The number of benzene rings is 2. The first-order chi connectivity index (χ1) is 10.7. The molecule has 1 N–H and O–H groups in total. The number of phenolic OH excluding ortho intramolecular Hbond substituents is 1. The molecule has 5 heteroatoms. The quantitative estimate of drug-likeness (QED) is 0.688. The number of hydrogen-bond acceptors (Lipinski definition) is 5. The second kappa shape index (κ2) is 6.15. The number of ether oxygens (including phenoxy) is 2. The molecular weight excluding hydrogens is 300 g/mol. The summed E-state index contributed by atoms with van der Waals surface area (Å²) in [5, 5.41) is 9.97. The van der Waals surface area contributed by atoms with Crippen LogP contribution in [0.25, 0.3) is 6.08 Å². The molecule has 1 aliphatic rings. The lowest BCUT2D eigenvalue weighted by atomic mass is 10.1. The summed E-state index contributed by atoms with van der Waals surface area (Å²) in [5.41, 5.74) is 1.18. The summed E-state index contributed by atoms with van der Waals surface area (Å²) in [6.45, 7) is 0. The summed E-state index contributed by atoms with van der Waals surface area (Å²) in [6.07, 6.45) is 3.16. The minimum Gasteiger partial charge on any atom is -0.507 e. The van der Waals surface area contributed by atoms with Crippen molar-refractivity contribution in [3.63, 3.8) is 0 Å². The van der Waals surface area contributed by atoms with E-state index in [2.05, 4.69) is 0 Å². The fraction of sp³-hybridized carbons (Fsp3) is 0.118. The van der Waals surface area contributed by atoms with Crippen LogP contribution in [0, 0.1) is 0 Å². The maximum atomic E-state index is 12.4. The van der Waals surface area contributed by atoms with Crippen molar-refractivity contribution in [1.82, 2.24) is 0 Å². The Balaban J connectivity index is 1.85. The van der Waals surface area contributed by atoms with Crippen LogP contribution in [-0.4, -0.2) is 23.9 Å². The van der Waals surface area contributed by atoms with Gasteiger partial charge >= 0.3 is 0 Å². The molecule has 22 heavy (non-hydrogen) atoms. The minimum absolute atomic E-state index is 0.0267. The molecule has 0 spiro atoms. The lowest BCUT2D eigenvalue weighted by Crippen LogP contribution is -1.97. The van der Waals surface area contributed by atoms with E-state index in [9.17, 15) is 9.90 Å². The van der Waals surface area contributed by atoms with E-state index in [0.717, 1.165) is 11.3 Å². The van der Waals surface area contributed by atoms with Crippen LogP contribution in [0.1, 0.15) is 15.9 Å². The second-order valence-corrected chi connectivity index (χ2v) is 5.60. The third-order valence-electron chi connectivity index (χ3n) is 3.31. The smallest absolute Gasteiger partial charge is 0.190 e. The van der Waals surface area contributed by atoms with Gasteiger partial charge in [0.2, 0.25) is 0 Å². The lowest BCUT2D eigenvalue weighted by Gasteiger charge is -2.05. The van der Waals surface area contributed by atoms with Crippen molar-refractivity contribution in [2.75, 3.05) is 13.0 Å². The molecule has 0 aliphatic carbocycles. The molecular formula is C17H14O4S. The minimum atomic E-state index is -0.247. The number of methoxy groups -OCH3 is 1. The van der Waals surface area contributed by atoms with Gasteiger partial charge in [-0.1, -0.05) is 30.0 Å². The molecule has 0 unspecified atom stereocenters. The summed E-state index contributed by atoms with van der Waals surface area (Å²) >= 11 is 1.41. The van der Waals surface area contributed by atoms with Crippen LogP contribution in [-0.2, 0) is 0 Å². The van der Waals surface area contributed by atoms with Gasteiger partial charge in [0.1, 0.15) is 23.2 Å². The van der Waals surface area contributed by atoms with Crippen LogP contribution in [0.5, 0.6) is 17.2 Å². The average molecular weight is 314 g/mol. The number of carbonyl (C=O) groups excluding carboxylic acids is 1. The molecule has 112 valence electrons. The zero-order valence-corrected chi connectivity index (χ0v) is 12.7. The fourth-order valence-corrected chi connectivity index (χ4v) is 3.09. The highest BCUT2D eigenvalue weighted by molar-refractivity contribution is 7.99. The van der Waals surface area contributed by atoms with E-state index in [1.165, 1.54) is 23.9 Å². The molecule has 0 bridgehead atoms. The lowest BCUT2D eigenvalue weighted by molar-refractivity contribution is 0.104. The average Bonchev–Trinajstić information content (AvgIpc) is 3.01. The van der Waals surface area contributed by atoms with E-state index < -0.39 is 0 Å². The maximum Gasteiger partial charge on any atom is 0.190 e. The first-order valence-corrected chi connectivity index (χ1v) is 7.65. The Hall–Kier alpha value is -2.40. The number of carbonyl (C=O) groups is 1. The summed E-state index contributed by atoms with van der Waals surface area (Å²) in [6, 6.07) is 10.5. The highest BCUT2D eigenvalue weighted by Gasteiger charge is 2.23. The monoisotopic (exact) mass is 314 g/mol. The van der Waals surface area contributed by atoms with Gasteiger partial charge in [0.15, 0.2) is 5.78 Å². The molecule has 0 atom stereocenters. The predicted octanol–water partition coefficient (Wildman–Crippen LogP) is 3.74. The molecule has 2 aromatic rings. The summed E-state index contributed by atoms with van der Waals surface area (Å²) in [5.74, 6) is 1.59. The molecule has 0 saturated heterocycles. The third kappa shape index (κ3) is 2.80. The van der Waals surface area contributed by atoms with Gasteiger partial charge in [0.25, 0.3) is 0 Å².